The fourth-order valence-corrected chi connectivity index (χ4v) is 6.55. The zero-order valence-corrected chi connectivity index (χ0v) is 22.4. The van der Waals surface area contributed by atoms with Gasteiger partial charge < -0.3 is 15.6 Å². The number of Topliss-reactive ketones (excluding diaryl/α,β-unsaturated/α-hetero) is 1. The number of para-hydroxylation sites is 1. The first-order valence-electron chi connectivity index (χ1n) is 11.9. The van der Waals surface area contributed by atoms with Gasteiger partial charge in [-0.05, 0) is 69.3 Å². The number of carbonyl (C=O) groups is 2. The van der Waals surface area contributed by atoms with Crippen LogP contribution in [0, 0.1) is 11.8 Å². The second-order valence-corrected chi connectivity index (χ2v) is 11.3. The summed E-state index contributed by atoms with van der Waals surface area (Å²) in [5.74, 6) is -0.585. The van der Waals surface area contributed by atoms with E-state index in [0.717, 1.165) is 21.9 Å². The van der Waals surface area contributed by atoms with Crippen LogP contribution in [-0.4, -0.2) is 44.2 Å². The number of pyridine rings is 1. The van der Waals surface area contributed by atoms with E-state index in [-0.39, 0.29) is 35.3 Å². The lowest BCUT2D eigenvalue weighted by molar-refractivity contribution is -0.134. The van der Waals surface area contributed by atoms with Crippen LogP contribution in [0.5, 0.6) is 0 Å². The standard InChI is InChI=1S/C26H23Br2N5O3/c27-18-9-13(10-19(28)22(18)29)24(34)16-11-17(16)25(35)32-7-5-14(6-8-32)33-21-12-30-20-4-2-1-3-15(20)23(21)31-26(33)36/h1-4,9-10,12,14,16-17H,5-8,11,29H2,(H,31,36)/t16-,17-/m1/s1. The number of fused-ring (bicyclic) bond motifs is 3. The van der Waals surface area contributed by atoms with E-state index in [0.29, 0.717) is 52.5 Å². The predicted octanol–water partition coefficient (Wildman–Crippen LogP) is 4.67. The summed E-state index contributed by atoms with van der Waals surface area (Å²) in [6.07, 6.45) is 3.67. The number of hydrogen-bond donors (Lipinski definition) is 2. The first-order valence-corrected chi connectivity index (χ1v) is 13.5. The first-order chi connectivity index (χ1) is 17.3. The molecule has 1 saturated heterocycles. The molecular formula is C26H23Br2N5O3. The van der Waals surface area contributed by atoms with Crippen molar-refractivity contribution in [2.75, 3.05) is 18.8 Å². The summed E-state index contributed by atoms with van der Waals surface area (Å²) >= 11 is 6.76. The van der Waals surface area contributed by atoms with Gasteiger partial charge in [0.1, 0.15) is 0 Å². The molecule has 0 radical (unpaired) electrons. The van der Waals surface area contributed by atoms with Crippen LogP contribution in [0.4, 0.5) is 5.69 Å². The molecule has 3 heterocycles. The number of benzene rings is 2. The number of nitrogens with one attached hydrogen (secondary N) is 1. The molecule has 4 aromatic rings. The third-order valence-electron chi connectivity index (χ3n) is 7.42. The van der Waals surface area contributed by atoms with E-state index in [9.17, 15) is 14.4 Å². The van der Waals surface area contributed by atoms with Crippen LogP contribution in [0.2, 0.25) is 0 Å². The van der Waals surface area contributed by atoms with Crippen LogP contribution in [0.15, 0.2) is 56.3 Å². The van der Waals surface area contributed by atoms with Gasteiger partial charge in [0.05, 0.1) is 28.4 Å². The van der Waals surface area contributed by atoms with Gasteiger partial charge in [-0.3, -0.25) is 19.1 Å². The highest BCUT2D eigenvalue weighted by Crippen LogP contribution is 2.44. The number of hydrogen-bond acceptors (Lipinski definition) is 5. The summed E-state index contributed by atoms with van der Waals surface area (Å²) in [5.41, 5.74) is 9.29. The average molecular weight is 613 g/mol. The largest absolute Gasteiger partial charge is 0.397 e. The van der Waals surface area contributed by atoms with Gasteiger partial charge in [-0.1, -0.05) is 18.2 Å². The Morgan fingerprint density at radius 2 is 1.75 bits per heavy atom. The summed E-state index contributed by atoms with van der Waals surface area (Å²) in [6.45, 7) is 1.11. The van der Waals surface area contributed by atoms with E-state index in [4.69, 9.17) is 5.73 Å². The quantitative estimate of drug-likeness (QED) is 0.257. The normalized spacial score (nSPS) is 20.2. The number of imidazole rings is 1. The number of ketones is 1. The van der Waals surface area contributed by atoms with Gasteiger partial charge in [0.25, 0.3) is 0 Å². The molecule has 1 aliphatic heterocycles. The number of nitrogen functional groups attached to an aromatic ring is 1. The number of piperidine rings is 1. The fourth-order valence-electron chi connectivity index (χ4n) is 5.36. The van der Waals surface area contributed by atoms with Crippen LogP contribution < -0.4 is 11.4 Å². The lowest BCUT2D eigenvalue weighted by Gasteiger charge is -2.32. The molecule has 3 N–H and O–H groups in total. The Morgan fingerprint density at radius 3 is 2.47 bits per heavy atom. The third kappa shape index (κ3) is 3.87. The summed E-state index contributed by atoms with van der Waals surface area (Å²) < 4.78 is 3.10. The molecule has 0 unspecified atom stereocenters. The smallest absolute Gasteiger partial charge is 0.326 e. The van der Waals surface area contributed by atoms with E-state index in [1.54, 1.807) is 22.9 Å². The summed E-state index contributed by atoms with van der Waals surface area (Å²) in [7, 11) is 0. The van der Waals surface area contributed by atoms with Crippen LogP contribution in [0.25, 0.3) is 21.9 Å². The zero-order chi connectivity index (χ0) is 25.1. The minimum absolute atomic E-state index is 0.0145. The number of halogens is 2. The Hall–Kier alpha value is -2.98. The maximum absolute atomic E-state index is 13.2. The van der Waals surface area contributed by atoms with Crippen LogP contribution in [0.3, 0.4) is 0 Å². The minimum Gasteiger partial charge on any atom is -0.397 e. The molecule has 1 saturated carbocycles. The number of nitrogens with two attached hydrogens (primary N) is 1. The lowest BCUT2D eigenvalue weighted by atomic mass is 10.0. The van der Waals surface area contributed by atoms with Crippen LogP contribution in [0.1, 0.15) is 35.7 Å². The van der Waals surface area contributed by atoms with Crippen molar-refractivity contribution in [2.45, 2.75) is 25.3 Å². The molecule has 1 aliphatic carbocycles. The van der Waals surface area contributed by atoms with Gasteiger partial charge in [0, 0.05) is 50.9 Å². The first kappa shape index (κ1) is 23.4. The highest BCUT2D eigenvalue weighted by molar-refractivity contribution is 9.11. The average Bonchev–Trinajstić information content (AvgIpc) is 3.61. The van der Waals surface area contributed by atoms with Crippen LogP contribution in [-0.2, 0) is 4.79 Å². The number of aromatic nitrogens is 3. The van der Waals surface area contributed by atoms with Crippen molar-refractivity contribution in [1.82, 2.24) is 19.4 Å². The Morgan fingerprint density at radius 1 is 1.06 bits per heavy atom. The van der Waals surface area contributed by atoms with Crippen molar-refractivity contribution in [2.24, 2.45) is 11.8 Å². The van der Waals surface area contributed by atoms with Crippen molar-refractivity contribution in [3.63, 3.8) is 0 Å². The Balaban J connectivity index is 1.14. The molecule has 2 fully saturated rings. The molecule has 2 aromatic heterocycles. The monoisotopic (exact) mass is 611 g/mol. The second kappa shape index (κ2) is 8.85. The number of H-pyrrole nitrogens is 1. The van der Waals surface area contributed by atoms with Crippen LogP contribution >= 0.6 is 31.9 Å². The number of anilines is 1. The number of rotatable bonds is 4. The molecule has 8 nitrogen and oxygen atoms in total. The van der Waals surface area contributed by atoms with Gasteiger partial charge in [0.2, 0.25) is 5.91 Å². The van der Waals surface area contributed by atoms with E-state index in [1.165, 1.54) is 0 Å². The van der Waals surface area contributed by atoms with Gasteiger partial charge in [0.15, 0.2) is 5.78 Å². The zero-order valence-electron chi connectivity index (χ0n) is 19.2. The van der Waals surface area contributed by atoms with Crippen molar-refractivity contribution in [1.29, 1.82) is 0 Å². The molecule has 184 valence electrons. The van der Waals surface area contributed by atoms with Gasteiger partial charge in [-0.15, -0.1) is 0 Å². The highest BCUT2D eigenvalue weighted by Gasteiger charge is 2.50. The Labute approximate surface area is 223 Å². The molecule has 6 rings (SSSR count). The van der Waals surface area contributed by atoms with Gasteiger partial charge in [-0.25, -0.2) is 4.79 Å². The molecule has 0 spiro atoms. The third-order valence-corrected chi connectivity index (χ3v) is 8.73. The summed E-state index contributed by atoms with van der Waals surface area (Å²) in [4.78, 5) is 48.4. The van der Waals surface area contributed by atoms with Crippen molar-refractivity contribution in [3.05, 3.63) is 67.6 Å². The topological polar surface area (TPSA) is 114 Å². The number of aromatic amines is 1. The molecule has 2 aliphatic rings. The summed E-state index contributed by atoms with van der Waals surface area (Å²) in [6, 6.07) is 11.2. The number of amides is 1. The SMILES string of the molecule is Nc1c(Br)cc(C(=O)[C@@H]2C[C@H]2C(=O)N2CCC(n3c(=O)[nH]c4c5ccccc5ncc43)CC2)cc1Br. The Kier molecular flexibility index (Phi) is 5.75. The van der Waals surface area contributed by atoms with E-state index in [2.05, 4.69) is 41.8 Å². The maximum Gasteiger partial charge on any atom is 0.326 e. The molecule has 2 aromatic carbocycles. The van der Waals surface area contributed by atoms with Crippen molar-refractivity contribution in [3.8, 4) is 0 Å². The van der Waals surface area contributed by atoms with Crippen molar-refractivity contribution >= 4 is 71.2 Å². The number of likely N-dealkylation sites (tertiary alicyclic amines) is 1. The Bertz CT molecular complexity index is 1580. The molecule has 10 heteroatoms. The van der Waals surface area contributed by atoms with Gasteiger partial charge >= 0.3 is 5.69 Å². The van der Waals surface area contributed by atoms with E-state index >= 15 is 0 Å². The molecule has 0 bridgehead atoms. The molecular weight excluding hydrogens is 590 g/mol. The summed E-state index contributed by atoms with van der Waals surface area (Å²) in [5, 5.41) is 0.920. The van der Waals surface area contributed by atoms with E-state index < -0.39 is 0 Å². The second-order valence-electron chi connectivity index (χ2n) is 9.56. The number of carbonyl (C=O) groups excluding carboxylic acids is 2. The predicted molar refractivity (Wildman–Crippen MR) is 145 cm³/mol. The maximum atomic E-state index is 13.2. The molecule has 2 atom stereocenters. The lowest BCUT2D eigenvalue weighted by Crippen LogP contribution is -2.41. The fraction of sp³-hybridized carbons (Fsp3) is 0.308. The molecule has 1 amide bonds. The number of nitrogens with zero attached hydrogens (tertiary/aromatic N) is 3. The minimum atomic E-state index is -0.298. The van der Waals surface area contributed by atoms with Crippen molar-refractivity contribution < 1.29 is 9.59 Å². The van der Waals surface area contributed by atoms with Gasteiger partial charge in [-0.2, -0.15) is 0 Å². The highest BCUT2D eigenvalue weighted by atomic mass is 79.9. The van der Waals surface area contributed by atoms with E-state index in [1.807, 2.05) is 29.2 Å². The molecule has 36 heavy (non-hydrogen) atoms.